The average Bonchev–Trinajstić information content (AvgIpc) is 3.61. The summed E-state index contributed by atoms with van der Waals surface area (Å²) in [5.41, 5.74) is 3.04. The molecule has 1 unspecified atom stereocenters. The van der Waals surface area contributed by atoms with E-state index in [1.54, 1.807) is 30.2 Å². The highest BCUT2D eigenvalue weighted by Crippen LogP contribution is 2.33. The largest absolute Gasteiger partial charge is 0.493 e. The van der Waals surface area contributed by atoms with E-state index < -0.39 is 0 Å². The molecule has 5 rings (SSSR count). The van der Waals surface area contributed by atoms with Gasteiger partial charge in [0.2, 0.25) is 0 Å². The van der Waals surface area contributed by atoms with Crippen molar-refractivity contribution in [3.05, 3.63) is 65.0 Å². The summed E-state index contributed by atoms with van der Waals surface area (Å²) in [5, 5.41) is 4.62. The summed E-state index contributed by atoms with van der Waals surface area (Å²) in [6.45, 7) is 5.19. The maximum absolute atomic E-state index is 13.7. The molecule has 3 heterocycles. The Kier molecular flexibility index (Phi) is 6.70. The van der Waals surface area contributed by atoms with Gasteiger partial charge in [-0.05, 0) is 57.0 Å². The molecule has 0 aliphatic carbocycles. The van der Waals surface area contributed by atoms with Crippen LogP contribution in [0.1, 0.15) is 40.2 Å². The standard InChI is InChI=1S/C26H27N3O5S/c1-16-20(17(2)34-28-16)15-33-22-11-10-18(13-23(22)31-3)25(30)29(14-19-7-6-12-32-19)26-27-21-8-4-5-9-24(21)35-26/h4-5,8-11,13,19H,6-7,12,14-15H2,1-3H3. The zero-order chi connectivity index (χ0) is 24.4. The van der Waals surface area contributed by atoms with Gasteiger partial charge in [0.1, 0.15) is 12.4 Å². The first-order chi connectivity index (χ1) is 17.0. The van der Waals surface area contributed by atoms with E-state index >= 15 is 0 Å². The molecule has 0 bridgehead atoms. The highest BCUT2D eigenvalue weighted by atomic mass is 32.1. The lowest BCUT2D eigenvalue weighted by molar-refractivity contribution is 0.0917. The molecule has 0 saturated carbocycles. The second-order valence-corrected chi connectivity index (χ2v) is 9.48. The van der Waals surface area contributed by atoms with E-state index in [0.29, 0.717) is 41.1 Å². The number of fused-ring (bicyclic) bond motifs is 1. The first-order valence-corrected chi connectivity index (χ1v) is 12.4. The lowest BCUT2D eigenvalue weighted by Crippen LogP contribution is -2.37. The molecule has 0 spiro atoms. The van der Waals surface area contributed by atoms with Crippen molar-refractivity contribution >= 4 is 32.6 Å². The van der Waals surface area contributed by atoms with Crippen LogP contribution in [0.5, 0.6) is 11.5 Å². The maximum Gasteiger partial charge on any atom is 0.260 e. The lowest BCUT2D eigenvalue weighted by atomic mass is 10.1. The number of ether oxygens (including phenoxy) is 3. The molecule has 2 aromatic heterocycles. The molecular formula is C26H27N3O5S. The normalized spacial score (nSPS) is 15.5. The minimum Gasteiger partial charge on any atom is -0.493 e. The minimum atomic E-state index is -0.157. The number of nitrogens with zero attached hydrogens (tertiary/aromatic N) is 3. The fourth-order valence-electron chi connectivity index (χ4n) is 4.15. The van der Waals surface area contributed by atoms with Crippen LogP contribution in [0.25, 0.3) is 10.2 Å². The summed E-state index contributed by atoms with van der Waals surface area (Å²) in [5.74, 6) is 1.57. The van der Waals surface area contributed by atoms with Crippen LogP contribution in [0, 0.1) is 13.8 Å². The Morgan fingerprint density at radius 3 is 2.77 bits per heavy atom. The summed E-state index contributed by atoms with van der Waals surface area (Å²) in [7, 11) is 1.56. The number of carbonyl (C=O) groups excluding carboxylic acids is 1. The van der Waals surface area contributed by atoms with E-state index in [2.05, 4.69) is 5.16 Å². The number of hydrogen-bond acceptors (Lipinski definition) is 8. The van der Waals surface area contributed by atoms with Crippen molar-refractivity contribution in [2.75, 3.05) is 25.2 Å². The smallest absolute Gasteiger partial charge is 0.260 e. The van der Waals surface area contributed by atoms with E-state index in [9.17, 15) is 4.79 Å². The van der Waals surface area contributed by atoms with Gasteiger partial charge >= 0.3 is 0 Å². The Morgan fingerprint density at radius 1 is 1.20 bits per heavy atom. The Hall–Kier alpha value is -3.43. The molecule has 1 fully saturated rings. The number of anilines is 1. The van der Waals surface area contributed by atoms with Gasteiger partial charge in [-0.15, -0.1) is 0 Å². The molecule has 9 heteroatoms. The number of carbonyl (C=O) groups is 1. The summed E-state index contributed by atoms with van der Waals surface area (Å²) in [4.78, 5) is 20.2. The Morgan fingerprint density at radius 2 is 2.06 bits per heavy atom. The van der Waals surface area contributed by atoms with Crippen molar-refractivity contribution in [1.82, 2.24) is 10.1 Å². The maximum atomic E-state index is 13.7. The van der Waals surface area contributed by atoms with Crippen LogP contribution in [0.2, 0.25) is 0 Å². The fraction of sp³-hybridized carbons (Fsp3) is 0.346. The fourth-order valence-corrected chi connectivity index (χ4v) is 5.12. The number of benzene rings is 2. The molecule has 8 nitrogen and oxygen atoms in total. The van der Waals surface area contributed by atoms with Gasteiger partial charge in [0.05, 0.1) is 41.2 Å². The molecule has 1 aliphatic rings. The van der Waals surface area contributed by atoms with Crippen molar-refractivity contribution in [2.45, 2.75) is 39.4 Å². The monoisotopic (exact) mass is 493 g/mol. The van der Waals surface area contributed by atoms with Gasteiger partial charge in [-0.25, -0.2) is 4.98 Å². The lowest BCUT2D eigenvalue weighted by Gasteiger charge is -2.23. The molecule has 0 N–H and O–H groups in total. The second-order valence-electron chi connectivity index (χ2n) is 8.47. The van der Waals surface area contributed by atoms with E-state index in [1.165, 1.54) is 11.3 Å². The predicted octanol–water partition coefficient (Wildman–Crippen LogP) is 5.31. The van der Waals surface area contributed by atoms with Gasteiger partial charge in [0.15, 0.2) is 16.6 Å². The molecule has 4 aromatic rings. The molecule has 1 atom stereocenters. The predicted molar refractivity (Wildman–Crippen MR) is 134 cm³/mol. The number of thiazole rings is 1. The molecule has 1 saturated heterocycles. The summed E-state index contributed by atoms with van der Waals surface area (Å²) in [6.07, 6.45) is 1.91. The topological polar surface area (TPSA) is 86.9 Å². The summed E-state index contributed by atoms with van der Waals surface area (Å²) in [6, 6.07) is 13.1. The van der Waals surface area contributed by atoms with Crippen molar-refractivity contribution < 1.29 is 23.5 Å². The van der Waals surface area contributed by atoms with Gasteiger partial charge in [0, 0.05) is 12.2 Å². The molecule has 2 aromatic carbocycles. The molecule has 182 valence electrons. The SMILES string of the molecule is COc1cc(C(=O)N(CC2CCCO2)c2nc3ccccc3s2)ccc1OCc1c(C)noc1C. The number of hydrogen-bond donors (Lipinski definition) is 0. The van der Waals surface area contributed by atoms with Crippen molar-refractivity contribution in [3.8, 4) is 11.5 Å². The van der Waals surface area contributed by atoms with E-state index in [1.807, 2.05) is 38.1 Å². The quantitative estimate of drug-likeness (QED) is 0.329. The third kappa shape index (κ3) is 4.87. The van der Waals surface area contributed by atoms with Gasteiger partial charge in [0.25, 0.3) is 5.91 Å². The Bertz CT molecular complexity index is 1290. The molecule has 1 aliphatic heterocycles. The van der Waals surface area contributed by atoms with Gasteiger partial charge in [-0.3, -0.25) is 9.69 Å². The summed E-state index contributed by atoms with van der Waals surface area (Å²) >= 11 is 1.50. The molecule has 35 heavy (non-hydrogen) atoms. The molecule has 1 amide bonds. The Balaban J connectivity index is 1.42. The number of amides is 1. The number of aryl methyl sites for hydroxylation is 2. The van der Waals surface area contributed by atoms with Crippen LogP contribution in [-0.4, -0.2) is 42.4 Å². The van der Waals surface area contributed by atoms with Crippen molar-refractivity contribution in [1.29, 1.82) is 0 Å². The highest BCUT2D eigenvalue weighted by Gasteiger charge is 2.28. The van der Waals surface area contributed by atoms with E-state index in [0.717, 1.165) is 40.9 Å². The Labute approximate surface area is 207 Å². The van der Waals surface area contributed by atoms with Crippen LogP contribution in [0.15, 0.2) is 47.0 Å². The van der Waals surface area contributed by atoms with Crippen LogP contribution >= 0.6 is 11.3 Å². The van der Waals surface area contributed by atoms with Crippen molar-refractivity contribution in [3.63, 3.8) is 0 Å². The number of para-hydroxylation sites is 1. The molecular weight excluding hydrogens is 466 g/mol. The first-order valence-electron chi connectivity index (χ1n) is 11.5. The zero-order valence-corrected chi connectivity index (χ0v) is 20.8. The van der Waals surface area contributed by atoms with Gasteiger partial charge in [-0.2, -0.15) is 0 Å². The first kappa shape index (κ1) is 23.3. The van der Waals surface area contributed by atoms with Crippen LogP contribution in [0.3, 0.4) is 0 Å². The summed E-state index contributed by atoms with van der Waals surface area (Å²) < 4.78 is 23.6. The van der Waals surface area contributed by atoms with Gasteiger partial charge in [-0.1, -0.05) is 28.6 Å². The third-order valence-electron chi connectivity index (χ3n) is 6.13. The van der Waals surface area contributed by atoms with Crippen LogP contribution in [-0.2, 0) is 11.3 Å². The average molecular weight is 494 g/mol. The minimum absolute atomic E-state index is 0.00878. The third-order valence-corrected chi connectivity index (χ3v) is 7.19. The van der Waals surface area contributed by atoms with Gasteiger partial charge < -0.3 is 18.7 Å². The number of methoxy groups -OCH3 is 1. The number of aromatic nitrogens is 2. The zero-order valence-electron chi connectivity index (χ0n) is 19.9. The number of rotatable bonds is 8. The van der Waals surface area contributed by atoms with Crippen LogP contribution in [0.4, 0.5) is 5.13 Å². The van der Waals surface area contributed by atoms with E-state index in [-0.39, 0.29) is 12.0 Å². The van der Waals surface area contributed by atoms with E-state index in [4.69, 9.17) is 23.7 Å². The second kappa shape index (κ2) is 10.1. The van der Waals surface area contributed by atoms with Crippen LogP contribution < -0.4 is 14.4 Å². The highest BCUT2D eigenvalue weighted by molar-refractivity contribution is 7.22. The van der Waals surface area contributed by atoms with Crippen molar-refractivity contribution in [2.24, 2.45) is 0 Å². The molecule has 0 radical (unpaired) electrons.